The molecule has 1 fully saturated rings. The second-order valence-electron chi connectivity index (χ2n) is 5.36. The van der Waals surface area contributed by atoms with Crippen LogP contribution < -0.4 is 10.6 Å². The van der Waals surface area contributed by atoms with E-state index in [-0.39, 0.29) is 5.97 Å². The molecule has 0 unspecified atom stereocenters. The first-order chi connectivity index (χ1) is 10.7. The highest BCUT2D eigenvalue weighted by atomic mass is 32.1. The minimum absolute atomic E-state index is 0.354. The Labute approximate surface area is 137 Å². The highest BCUT2D eigenvalue weighted by Crippen LogP contribution is 2.11. The topological polar surface area (TPSA) is 53.6 Å². The number of carbonyl (C=O) groups is 1. The van der Waals surface area contributed by atoms with Gasteiger partial charge in [-0.1, -0.05) is 6.07 Å². The molecule has 2 rings (SSSR count). The molecule has 0 saturated carbocycles. The second kappa shape index (κ2) is 8.70. The maximum atomic E-state index is 11.5. The zero-order valence-corrected chi connectivity index (χ0v) is 13.7. The van der Waals surface area contributed by atoms with Crippen LogP contribution in [0.5, 0.6) is 0 Å². The van der Waals surface area contributed by atoms with Gasteiger partial charge in [-0.25, -0.2) is 4.79 Å². The Morgan fingerprint density at radius 2 is 2.14 bits per heavy atom. The average molecular weight is 321 g/mol. The molecular formula is C16H23N3O2S. The summed E-state index contributed by atoms with van der Waals surface area (Å²) in [5.74, 6) is -0.354. The number of hydrogen-bond acceptors (Lipinski definition) is 4. The van der Waals surface area contributed by atoms with E-state index in [1.54, 1.807) is 18.2 Å². The van der Waals surface area contributed by atoms with Gasteiger partial charge in [0.15, 0.2) is 5.11 Å². The Hall–Kier alpha value is -1.66. The van der Waals surface area contributed by atoms with Crippen molar-refractivity contribution in [3.8, 4) is 0 Å². The van der Waals surface area contributed by atoms with Gasteiger partial charge in [0.25, 0.3) is 0 Å². The number of nitrogens with zero attached hydrogens (tertiary/aromatic N) is 1. The minimum Gasteiger partial charge on any atom is -0.465 e. The molecule has 22 heavy (non-hydrogen) atoms. The van der Waals surface area contributed by atoms with Gasteiger partial charge >= 0.3 is 5.97 Å². The van der Waals surface area contributed by atoms with Crippen LogP contribution in [-0.2, 0) is 4.74 Å². The molecule has 0 spiro atoms. The fourth-order valence-electron chi connectivity index (χ4n) is 2.53. The van der Waals surface area contributed by atoms with Crippen LogP contribution in [0.4, 0.5) is 5.69 Å². The zero-order valence-electron chi connectivity index (χ0n) is 12.9. The Bertz CT molecular complexity index is 516. The molecule has 0 amide bonds. The van der Waals surface area contributed by atoms with Crippen molar-refractivity contribution in [1.29, 1.82) is 0 Å². The number of likely N-dealkylation sites (tertiary alicyclic amines) is 1. The van der Waals surface area contributed by atoms with Crippen molar-refractivity contribution in [3.05, 3.63) is 29.8 Å². The van der Waals surface area contributed by atoms with Gasteiger partial charge in [-0.05, 0) is 69.3 Å². The van der Waals surface area contributed by atoms with Crippen LogP contribution in [0.1, 0.15) is 29.6 Å². The summed E-state index contributed by atoms with van der Waals surface area (Å²) in [6, 6.07) is 7.10. The van der Waals surface area contributed by atoms with Crippen molar-refractivity contribution in [2.24, 2.45) is 0 Å². The summed E-state index contributed by atoms with van der Waals surface area (Å²) in [7, 11) is 1.37. The molecule has 2 N–H and O–H groups in total. The SMILES string of the molecule is COC(=O)c1cccc(NC(=S)NCCCN2CCCC2)c1. The van der Waals surface area contributed by atoms with E-state index in [2.05, 4.69) is 15.5 Å². The van der Waals surface area contributed by atoms with Gasteiger partial charge in [0.1, 0.15) is 0 Å². The molecule has 1 aliphatic heterocycles. The summed E-state index contributed by atoms with van der Waals surface area (Å²) in [5.41, 5.74) is 1.28. The van der Waals surface area contributed by atoms with Gasteiger partial charge in [0, 0.05) is 12.2 Å². The Morgan fingerprint density at radius 3 is 2.86 bits per heavy atom. The number of nitrogens with one attached hydrogen (secondary N) is 2. The second-order valence-corrected chi connectivity index (χ2v) is 5.76. The Morgan fingerprint density at radius 1 is 1.36 bits per heavy atom. The molecule has 0 aromatic heterocycles. The van der Waals surface area contributed by atoms with Gasteiger partial charge < -0.3 is 20.3 Å². The first kappa shape index (κ1) is 16.7. The van der Waals surface area contributed by atoms with Crippen molar-refractivity contribution in [3.63, 3.8) is 0 Å². The lowest BCUT2D eigenvalue weighted by atomic mass is 10.2. The summed E-state index contributed by atoms with van der Waals surface area (Å²) in [4.78, 5) is 14.0. The fourth-order valence-corrected chi connectivity index (χ4v) is 2.75. The minimum atomic E-state index is -0.354. The summed E-state index contributed by atoms with van der Waals surface area (Å²) in [6.07, 6.45) is 3.72. The zero-order chi connectivity index (χ0) is 15.8. The largest absolute Gasteiger partial charge is 0.465 e. The predicted molar refractivity (Wildman–Crippen MR) is 92.3 cm³/mol. The molecule has 0 atom stereocenters. The van der Waals surface area contributed by atoms with Gasteiger partial charge in [-0.3, -0.25) is 0 Å². The number of benzene rings is 1. The van der Waals surface area contributed by atoms with Crippen LogP contribution in [0.15, 0.2) is 24.3 Å². The number of carbonyl (C=O) groups excluding carboxylic acids is 1. The summed E-state index contributed by atoms with van der Waals surface area (Å²) in [6.45, 7) is 4.42. The highest BCUT2D eigenvalue weighted by Gasteiger charge is 2.10. The van der Waals surface area contributed by atoms with Crippen LogP contribution in [0.2, 0.25) is 0 Å². The lowest BCUT2D eigenvalue weighted by Gasteiger charge is -2.15. The van der Waals surface area contributed by atoms with E-state index in [1.165, 1.54) is 33.0 Å². The molecule has 120 valence electrons. The van der Waals surface area contributed by atoms with Crippen LogP contribution in [0.25, 0.3) is 0 Å². The molecule has 1 aliphatic rings. The molecule has 1 aromatic rings. The standard InChI is InChI=1S/C16H23N3O2S/c1-21-15(20)13-6-4-7-14(12-13)18-16(22)17-8-5-11-19-9-2-3-10-19/h4,6-7,12H,2-3,5,8-11H2,1H3,(H2,17,18,22). The number of anilines is 1. The third kappa shape index (κ3) is 5.27. The molecule has 1 heterocycles. The predicted octanol–water partition coefficient (Wildman–Crippen LogP) is 2.25. The molecule has 0 aliphatic carbocycles. The Kier molecular flexibility index (Phi) is 6.61. The van der Waals surface area contributed by atoms with E-state index in [0.717, 1.165) is 25.2 Å². The molecule has 6 heteroatoms. The van der Waals surface area contributed by atoms with E-state index in [0.29, 0.717) is 10.7 Å². The molecule has 1 saturated heterocycles. The van der Waals surface area contributed by atoms with Crippen molar-refractivity contribution < 1.29 is 9.53 Å². The number of thiocarbonyl (C=S) groups is 1. The van der Waals surface area contributed by atoms with Crippen molar-refractivity contribution in [2.45, 2.75) is 19.3 Å². The molecular weight excluding hydrogens is 298 g/mol. The summed E-state index contributed by atoms with van der Waals surface area (Å²) in [5, 5.41) is 6.86. The monoisotopic (exact) mass is 321 g/mol. The van der Waals surface area contributed by atoms with Crippen molar-refractivity contribution >= 4 is 29.0 Å². The molecule has 1 aromatic carbocycles. The molecule has 0 bridgehead atoms. The maximum absolute atomic E-state index is 11.5. The summed E-state index contributed by atoms with van der Waals surface area (Å²) >= 11 is 5.27. The Balaban J connectivity index is 1.71. The number of hydrogen-bond donors (Lipinski definition) is 2. The number of ether oxygens (including phenoxy) is 1. The number of esters is 1. The van der Waals surface area contributed by atoms with Gasteiger partial charge in [0.05, 0.1) is 12.7 Å². The van der Waals surface area contributed by atoms with Crippen molar-refractivity contribution in [1.82, 2.24) is 10.2 Å². The highest BCUT2D eigenvalue weighted by molar-refractivity contribution is 7.80. The smallest absolute Gasteiger partial charge is 0.337 e. The van der Waals surface area contributed by atoms with E-state index in [9.17, 15) is 4.79 Å². The van der Waals surface area contributed by atoms with E-state index in [1.807, 2.05) is 6.07 Å². The number of methoxy groups -OCH3 is 1. The lowest BCUT2D eigenvalue weighted by Crippen LogP contribution is -2.31. The third-order valence-electron chi connectivity index (χ3n) is 3.68. The van der Waals surface area contributed by atoms with Crippen LogP contribution >= 0.6 is 12.2 Å². The fraction of sp³-hybridized carbons (Fsp3) is 0.500. The van der Waals surface area contributed by atoms with Crippen LogP contribution in [0.3, 0.4) is 0 Å². The van der Waals surface area contributed by atoms with Gasteiger partial charge in [-0.15, -0.1) is 0 Å². The van der Waals surface area contributed by atoms with E-state index in [4.69, 9.17) is 17.0 Å². The van der Waals surface area contributed by atoms with Gasteiger partial charge in [0.2, 0.25) is 0 Å². The van der Waals surface area contributed by atoms with Crippen molar-refractivity contribution in [2.75, 3.05) is 38.6 Å². The lowest BCUT2D eigenvalue weighted by molar-refractivity contribution is 0.0601. The van der Waals surface area contributed by atoms with Crippen LogP contribution in [-0.4, -0.2) is 49.3 Å². The maximum Gasteiger partial charge on any atom is 0.337 e. The van der Waals surface area contributed by atoms with Gasteiger partial charge in [-0.2, -0.15) is 0 Å². The third-order valence-corrected chi connectivity index (χ3v) is 3.92. The first-order valence-corrected chi connectivity index (χ1v) is 8.05. The quantitative estimate of drug-likeness (QED) is 0.476. The van der Waals surface area contributed by atoms with E-state index < -0.39 is 0 Å². The molecule has 0 radical (unpaired) electrons. The average Bonchev–Trinajstić information content (AvgIpc) is 3.04. The molecule has 5 nitrogen and oxygen atoms in total. The number of rotatable bonds is 6. The first-order valence-electron chi connectivity index (χ1n) is 7.64. The summed E-state index contributed by atoms with van der Waals surface area (Å²) < 4.78 is 4.70. The van der Waals surface area contributed by atoms with Crippen LogP contribution in [0, 0.1) is 0 Å². The normalized spacial score (nSPS) is 14.6. The van der Waals surface area contributed by atoms with E-state index >= 15 is 0 Å².